The Kier molecular flexibility index (Phi) is 4.39. The molecule has 0 radical (unpaired) electrons. The Hall–Kier alpha value is -1.62. The molecule has 0 spiro atoms. The maximum atomic E-state index is 12.1. The number of nitrogens with zero attached hydrogens (tertiary/aromatic N) is 1. The van der Waals surface area contributed by atoms with Crippen molar-refractivity contribution >= 4 is 23.2 Å². The zero-order valence-electron chi connectivity index (χ0n) is 11.9. The van der Waals surface area contributed by atoms with Crippen LogP contribution in [0.25, 0.3) is 0 Å². The Labute approximate surface area is 129 Å². The summed E-state index contributed by atoms with van der Waals surface area (Å²) in [5.41, 5.74) is 0.700. The van der Waals surface area contributed by atoms with Gasteiger partial charge < -0.3 is 19.7 Å². The van der Waals surface area contributed by atoms with Crippen LogP contribution in [0.2, 0.25) is 5.02 Å². The molecule has 1 amide bonds. The molecule has 1 aromatic carbocycles. The molecule has 0 saturated carbocycles. The lowest BCUT2D eigenvalue weighted by atomic mass is 10.1. The van der Waals surface area contributed by atoms with Gasteiger partial charge in [0.25, 0.3) is 0 Å². The number of fused-ring (bicyclic) bond motifs is 1. The fourth-order valence-corrected chi connectivity index (χ4v) is 2.85. The highest BCUT2D eigenvalue weighted by Crippen LogP contribution is 2.37. The molecule has 2 aliphatic heterocycles. The number of benzene rings is 1. The number of carbonyl (C=O) groups is 1. The molecule has 0 atom stereocenters. The lowest BCUT2D eigenvalue weighted by molar-refractivity contribution is -0.130. The van der Waals surface area contributed by atoms with Crippen molar-refractivity contribution in [3.05, 3.63) is 17.2 Å². The fraction of sp³-hybridized carbons (Fsp3) is 0.533. The first-order chi connectivity index (χ1) is 10.2. The summed E-state index contributed by atoms with van der Waals surface area (Å²) in [5.74, 6) is 1.43. The first kappa shape index (κ1) is 14.3. The predicted molar refractivity (Wildman–Crippen MR) is 81.4 cm³/mol. The maximum absolute atomic E-state index is 12.1. The number of carbonyl (C=O) groups excluding carboxylic acids is 1. The third-order valence-electron chi connectivity index (χ3n) is 3.77. The van der Waals surface area contributed by atoms with Crippen LogP contribution in [0.1, 0.15) is 19.3 Å². The number of amides is 1. The van der Waals surface area contributed by atoms with Crippen molar-refractivity contribution in [1.29, 1.82) is 0 Å². The Morgan fingerprint density at radius 2 is 1.81 bits per heavy atom. The Balaban J connectivity index is 1.63. The summed E-state index contributed by atoms with van der Waals surface area (Å²) in [5, 5.41) is 3.63. The van der Waals surface area contributed by atoms with Crippen molar-refractivity contribution < 1.29 is 14.3 Å². The first-order valence-electron chi connectivity index (χ1n) is 7.35. The molecule has 114 valence electrons. The van der Waals surface area contributed by atoms with Gasteiger partial charge in [-0.15, -0.1) is 0 Å². The van der Waals surface area contributed by atoms with Crippen LogP contribution in [0.15, 0.2) is 12.1 Å². The van der Waals surface area contributed by atoms with Gasteiger partial charge in [-0.25, -0.2) is 0 Å². The number of ether oxygens (including phenoxy) is 2. The van der Waals surface area contributed by atoms with E-state index in [4.69, 9.17) is 21.1 Å². The molecule has 0 aliphatic carbocycles. The van der Waals surface area contributed by atoms with Gasteiger partial charge in [-0.3, -0.25) is 4.79 Å². The molecule has 5 nitrogen and oxygen atoms in total. The second-order valence-corrected chi connectivity index (χ2v) is 5.68. The highest BCUT2D eigenvalue weighted by molar-refractivity contribution is 6.33. The number of halogens is 1. The minimum Gasteiger partial charge on any atom is -0.486 e. The topological polar surface area (TPSA) is 50.8 Å². The highest BCUT2D eigenvalue weighted by Gasteiger charge is 2.18. The van der Waals surface area contributed by atoms with Gasteiger partial charge in [0.15, 0.2) is 11.5 Å². The van der Waals surface area contributed by atoms with Crippen LogP contribution in [0.4, 0.5) is 5.69 Å². The van der Waals surface area contributed by atoms with Crippen LogP contribution in [0, 0.1) is 0 Å². The van der Waals surface area contributed by atoms with Crippen molar-refractivity contribution in [3.63, 3.8) is 0 Å². The first-order valence-corrected chi connectivity index (χ1v) is 7.72. The minimum atomic E-state index is 0.112. The second kappa shape index (κ2) is 6.43. The largest absolute Gasteiger partial charge is 0.486 e. The maximum Gasteiger partial charge on any atom is 0.241 e. The number of piperidine rings is 1. The van der Waals surface area contributed by atoms with E-state index < -0.39 is 0 Å². The summed E-state index contributed by atoms with van der Waals surface area (Å²) >= 11 is 6.21. The van der Waals surface area contributed by atoms with Crippen LogP contribution in [-0.2, 0) is 4.79 Å². The van der Waals surface area contributed by atoms with Crippen LogP contribution in [0.5, 0.6) is 11.5 Å². The van der Waals surface area contributed by atoms with Crippen LogP contribution in [-0.4, -0.2) is 43.7 Å². The Bertz CT molecular complexity index is 530. The van der Waals surface area contributed by atoms with E-state index in [-0.39, 0.29) is 12.5 Å². The lowest BCUT2D eigenvalue weighted by Crippen LogP contribution is -2.39. The minimum absolute atomic E-state index is 0.112. The Morgan fingerprint density at radius 1 is 1.14 bits per heavy atom. The number of rotatable bonds is 3. The molecule has 1 N–H and O–H groups in total. The van der Waals surface area contributed by atoms with Crippen LogP contribution >= 0.6 is 11.6 Å². The molecule has 2 aliphatic rings. The van der Waals surface area contributed by atoms with E-state index in [1.54, 1.807) is 12.1 Å². The van der Waals surface area contributed by atoms with Crippen LogP contribution in [0.3, 0.4) is 0 Å². The number of hydrogen-bond acceptors (Lipinski definition) is 4. The highest BCUT2D eigenvalue weighted by atomic mass is 35.5. The van der Waals surface area contributed by atoms with Gasteiger partial charge in [0.05, 0.1) is 17.3 Å². The van der Waals surface area contributed by atoms with Gasteiger partial charge in [0, 0.05) is 25.2 Å². The average Bonchev–Trinajstić information content (AvgIpc) is 2.53. The van der Waals surface area contributed by atoms with Gasteiger partial charge in [-0.2, -0.15) is 0 Å². The van der Waals surface area contributed by atoms with Gasteiger partial charge >= 0.3 is 0 Å². The standard InChI is InChI=1S/C15H19ClN2O3/c16-11-8-13-14(21-7-6-20-13)9-12(11)17-10-15(19)18-4-2-1-3-5-18/h8-9,17H,1-7,10H2. The molecule has 2 heterocycles. The molecule has 3 rings (SSSR count). The van der Waals surface area contributed by atoms with Crippen molar-refractivity contribution in [2.24, 2.45) is 0 Å². The van der Waals surface area contributed by atoms with Crippen LogP contribution < -0.4 is 14.8 Å². The lowest BCUT2D eigenvalue weighted by Gasteiger charge is -2.27. The van der Waals surface area contributed by atoms with Gasteiger partial charge in [-0.05, 0) is 19.3 Å². The molecule has 21 heavy (non-hydrogen) atoms. The molecular formula is C15H19ClN2O3. The van der Waals surface area contributed by atoms with Gasteiger partial charge in [0.2, 0.25) is 5.91 Å². The summed E-state index contributed by atoms with van der Waals surface area (Å²) in [7, 11) is 0. The summed E-state index contributed by atoms with van der Waals surface area (Å²) < 4.78 is 11.0. The molecule has 0 aromatic heterocycles. The van der Waals surface area contributed by atoms with E-state index in [2.05, 4.69) is 5.32 Å². The molecular weight excluding hydrogens is 292 g/mol. The molecule has 6 heteroatoms. The quantitative estimate of drug-likeness (QED) is 0.932. The molecule has 0 bridgehead atoms. The summed E-state index contributed by atoms with van der Waals surface area (Å²) in [6.45, 7) is 3.02. The van der Waals surface area contributed by atoms with Gasteiger partial charge in [0.1, 0.15) is 13.2 Å². The molecule has 1 fully saturated rings. The van der Waals surface area contributed by atoms with Crippen molar-refractivity contribution in [3.8, 4) is 11.5 Å². The summed E-state index contributed by atoms with van der Waals surface area (Å²) in [6.07, 6.45) is 3.40. The zero-order valence-corrected chi connectivity index (χ0v) is 12.6. The van der Waals surface area contributed by atoms with Crippen molar-refractivity contribution in [2.75, 3.05) is 38.2 Å². The van der Waals surface area contributed by atoms with E-state index in [0.717, 1.165) is 25.9 Å². The number of hydrogen-bond donors (Lipinski definition) is 1. The molecule has 1 aromatic rings. The monoisotopic (exact) mass is 310 g/mol. The third-order valence-corrected chi connectivity index (χ3v) is 4.08. The number of likely N-dealkylation sites (tertiary alicyclic amines) is 1. The molecule has 0 unspecified atom stereocenters. The smallest absolute Gasteiger partial charge is 0.241 e. The number of anilines is 1. The summed E-state index contributed by atoms with van der Waals surface area (Å²) in [4.78, 5) is 14.0. The summed E-state index contributed by atoms with van der Waals surface area (Å²) in [6, 6.07) is 3.52. The average molecular weight is 311 g/mol. The van der Waals surface area contributed by atoms with E-state index in [1.165, 1.54) is 6.42 Å². The van der Waals surface area contributed by atoms with Crippen molar-refractivity contribution in [2.45, 2.75) is 19.3 Å². The van der Waals surface area contributed by atoms with E-state index in [1.807, 2.05) is 4.90 Å². The number of nitrogens with one attached hydrogen (secondary N) is 1. The molecule has 1 saturated heterocycles. The van der Waals surface area contributed by atoms with E-state index >= 15 is 0 Å². The SMILES string of the molecule is O=C(CNc1cc2c(cc1Cl)OCCO2)N1CCCCC1. The third kappa shape index (κ3) is 3.35. The normalized spacial score (nSPS) is 17.5. The van der Waals surface area contributed by atoms with E-state index in [0.29, 0.717) is 35.4 Å². The predicted octanol–water partition coefficient (Wildman–Crippen LogP) is 2.54. The van der Waals surface area contributed by atoms with E-state index in [9.17, 15) is 4.79 Å². The fourth-order valence-electron chi connectivity index (χ4n) is 2.63. The zero-order chi connectivity index (χ0) is 14.7. The Morgan fingerprint density at radius 3 is 2.52 bits per heavy atom. The second-order valence-electron chi connectivity index (χ2n) is 5.27. The van der Waals surface area contributed by atoms with Crippen molar-refractivity contribution in [1.82, 2.24) is 4.90 Å². The van der Waals surface area contributed by atoms with Gasteiger partial charge in [-0.1, -0.05) is 11.6 Å².